The SMILES string of the molecule is COc1ccc(C=O)cc1C(O)C(O)CCNC(=O)OCC1c2ccccc2-c2ccccc21. The van der Waals surface area contributed by atoms with E-state index in [1.807, 2.05) is 36.4 Å². The van der Waals surface area contributed by atoms with Gasteiger partial charge in [-0.05, 0) is 46.9 Å². The van der Waals surface area contributed by atoms with Crippen LogP contribution in [0.3, 0.4) is 0 Å². The molecule has 0 saturated carbocycles. The van der Waals surface area contributed by atoms with Crippen LogP contribution in [0.15, 0.2) is 66.7 Å². The maximum atomic E-state index is 12.3. The minimum absolute atomic E-state index is 0.0388. The van der Waals surface area contributed by atoms with E-state index < -0.39 is 18.3 Å². The van der Waals surface area contributed by atoms with Crippen molar-refractivity contribution in [3.63, 3.8) is 0 Å². The number of fused-ring (bicyclic) bond motifs is 3. The quantitative estimate of drug-likeness (QED) is 0.419. The number of aliphatic hydroxyl groups excluding tert-OH is 2. The van der Waals surface area contributed by atoms with E-state index in [-0.39, 0.29) is 25.5 Å². The van der Waals surface area contributed by atoms with Gasteiger partial charge in [0.15, 0.2) is 0 Å². The van der Waals surface area contributed by atoms with Crippen molar-refractivity contribution in [2.45, 2.75) is 24.5 Å². The van der Waals surface area contributed by atoms with Gasteiger partial charge in [-0.15, -0.1) is 0 Å². The second kappa shape index (κ2) is 10.5. The Bertz CT molecular complexity index is 1130. The maximum absolute atomic E-state index is 12.3. The number of aldehydes is 1. The van der Waals surface area contributed by atoms with E-state index in [4.69, 9.17) is 9.47 Å². The van der Waals surface area contributed by atoms with Crippen molar-refractivity contribution in [1.29, 1.82) is 0 Å². The predicted molar refractivity (Wildman–Crippen MR) is 127 cm³/mol. The Labute approximate surface area is 198 Å². The number of hydrogen-bond acceptors (Lipinski definition) is 6. The van der Waals surface area contributed by atoms with Crippen LogP contribution in [-0.2, 0) is 4.74 Å². The van der Waals surface area contributed by atoms with Crippen LogP contribution in [-0.4, -0.2) is 49.0 Å². The number of hydrogen-bond donors (Lipinski definition) is 3. The first kappa shape index (κ1) is 23.5. The van der Waals surface area contributed by atoms with Crippen molar-refractivity contribution in [3.8, 4) is 16.9 Å². The van der Waals surface area contributed by atoms with Gasteiger partial charge in [0.25, 0.3) is 0 Å². The van der Waals surface area contributed by atoms with Crippen LogP contribution >= 0.6 is 0 Å². The van der Waals surface area contributed by atoms with E-state index in [2.05, 4.69) is 17.4 Å². The highest BCUT2D eigenvalue weighted by Crippen LogP contribution is 2.44. The number of ether oxygens (including phenoxy) is 2. The molecule has 1 aliphatic carbocycles. The Morgan fingerprint density at radius 1 is 1.03 bits per heavy atom. The van der Waals surface area contributed by atoms with Crippen LogP contribution in [0.4, 0.5) is 4.79 Å². The van der Waals surface area contributed by atoms with Crippen LogP contribution in [0.1, 0.15) is 45.5 Å². The van der Waals surface area contributed by atoms with Crippen molar-refractivity contribution in [3.05, 3.63) is 89.0 Å². The van der Waals surface area contributed by atoms with Crippen molar-refractivity contribution < 1.29 is 29.3 Å². The zero-order valence-electron chi connectivity index (χ0n) is 18.8. The Morgan fingerprint density at radius 2 is 1.68 bits per heavy atom. The molecule has 176 valence electrons. The highest BCUT2D eigenvalue weighted by Gasteiger charge is 2.29. The van der Waals surface area contributed by atoms with Crippen molar-refractivity contribution in [1.82, 2.24) is 5.32 Å². The molecule has 7 nitrogen and oxygen atoms in total. The van der Waals surface area contributed by atoms with Gasteiger partial charge < -0.3 is 25.0 Å². The Balaban J connectivity index is 1.30. The Kier molecular flexibility index (Phi) is 7.25. The molecular weight excluding hydrogens is 434 g/mol. The summed E-state index contributed by atoms with van der Waals surface area (Å²) in [5.74, 6) is 0.324. The van der Waals surface area contributed by atoms with Crippen molar-refractivity contribution >= 4 is 12.4 Å². The maximum Gasteiger partial charge on any atom is 0.407 e. The second-order valence-corrected chi connectivity index (χ2v) is 8.17. The lowest BCUT2D eigenvalue weighted by Gasteiger charge is -2.21. The van der Waals surface area contributed by atoms with Gasteiger partial charge in [-0.25, -0.2) is 4.79 Å². The first-order chi connectivity index (χ1) is 16.5. The first-order valence-electron chi connectivity index (χ1n) is 11.1. The summed E-state index contributed by atoms with van der Waals surface area (Å²) in [6.07, 6.45) is -2.31. The lowest BCUT2D eigenvalue weighted by Crippen LogP contribution is -2.30. The minimum Gasteiger partial charge on any atom is -0.496 e. The molecule has 2 atom stereocenters. The van der Waals surface area contributed by atoms with Crippen LogP contribution in [0.25, 0.3) is 11.1 Å². The number of benzene rings is 3. The first-order valence-corrected chi connectivity index (χ1v) is 11.1. The third kappa shape index (κ3) is 4.81. The molecule has 1 amide bonds. The molecule has 0 aliphatic heterocycles. The van der Waals surface area contributed by atoms with Crippen LogP contribution < -0.4 is 10.1 Å². The lowest BCUT2D eigenvalue weighted by atomic mass is 9.98. The van der Waals surface area contributed by atoms with Crippen LogP contribution in [0, 0.1) is 0 Å². The molecule has 2 unspecified atom stereocenters. The minimum atomic E-state index is -1.28. The number of rotatable bonds is 9. The number of amides is 1. The molecule has 0 bridgehead atoms. The Morgan fingerprint density at radius 3 is 2.29 bits per heavy atom. The summed E-state index contributed by atoms with van der Waals surface area (Å²) in [7, 11) is 1.44. The van der Waals surface area contributed by atoms with E-state index in [0.29, 0.717) is 23.2 Å². The van der Waals surface area contributed by atoms with Gasteiger partial charge in [0.2, 0.25) is 0 Å². The molecule has 3 aromatic rings. The number of methoxy groups -OCH3 is 1. The standard InChI is InChI=1S/C27H27NO6/c1-33-25-11-10-17(15-29)14-22(25)26(31)24(30)12-13-28-27(32)34-16-23-20-8-4-2-6-18(20)19-7-3-5-9-21(19)23/h2-11,14-15,23-24,26,30-31H,12-13,16H2,1H3,(H,28,32). The fraction of sp³-hybridized carbons (Fsp3) is 0.259. The lowest BCUT2D eigenvalue weighted by molar-refractivity contribution is 0.0123. The average molecular weight is 462 g/mol. The highest BCUT2D eigenvalue weighted by molar-refractivity contribution is 5.79. The molecule has 3 aromatic carbocycles. The van der Waals surface area contributed by atoms with Crippen molar-refractivity contribution in [2.24, 2.45) is 0 Å². The molecule has 34 heavy (non-hydrogen) atoms. The van der Waals surface area contributed by atoms with Gasteiger partial charge in [-0.3, -0.25) is 4.79 Å². The fourth-order valence-corrected chi connectivity index (χ4v) is 4.39. The third-order valence-electron chi connectivity index (χ3n) is 6.13. The number of nitrogens with one attached hydrogen (secondary N) is 1. The zero-order chi connectivity index (χ0) is 24.1. The summed E-state index contributed by atoms with van der Waals surface area (Å²) in [5, 5.41) is 23.6. The highest BCUT2D eigenvalue weighted by atomic mass is 16.5. The molecule has 0 saturated heterocycles. The van der Waals surface area contributed by atoms with Gasteiger partial charge in [0.1, 0.15) is 24.7 Å². The molecule has 0 fully saturated rings. The number of carbonyl (C=O) groups excluding carboxylic acids is 2. The normalized spacial score (nSPS) is 14.0. The smallest absolute Gasteiger partial charge is 0.407 e. The molecule has 1 aliphatic rings. The van der Waals surface area contributed by atoms with Gasteiger partial charge in [0.05, 0.1) is 13.2 Å². The van der Waals surface area contributed by atoms with E-state index in [1.165, 1.54) is 13.2 Å². The molecule has 7 heteroatoms. The molecule has 0 spiro atoms. The van der Waals surface area contributed by atoms with Gasteiger partial charge in [0, 0.05) is 23.6 Å². The second-order valence-electron chi connectivity index (χ2n) is 8.17. The van der Waals surface area contributed by atoms with E-state index >= 15 is 0 Å². The summed E-state index contributed by atoms with van der Waals surface area (Å²) in [5.41, 5.74) is 5.22. The summed E-state index contributed by atoms with van der Waals surface area (Å²) in [6, 6.07) is 20.8. The van der Waals surface area contributed by atoms with Gasteiger partial charge >= 0.3 is 6.09 Å². The average Bonchev–Trinajstić information content (AvgIpc) is 3.20. The summed E-state index contributed by atoms with van der Waals surface area (Å²) < 4.78 is 10.7. The number of carbonyl (C=O) groups is 2. The van der Waals surface area contributed by atoms with Crippen LogP contribution in [0.5, 0.6) is 5.75 Å². The predicted octanol–water partition coefficient (Wildman–Crippen LogP) is 3.83. The van der Waals surface area contributed by atoms with Crippen molar-refractivity contribution in [2.75, 3.05) is 20.3 Å². The largest absolute Gasteiger partial charge is 0.496 e. The third-order valence-corrected chi connectivity index (χ3v) is 6.13. The Hall–Kier alpha value is -3.68. The molecular formula is C27H27NO6. The fourth-order valence-electron chi connectivity index (χ4n) is 4.39. The molecule has 0 aromatic heterocycles. The molecule has 0 radical (unpaired) electrons. The van der Waals surface area contributed by atoms with E-state index in [0.717, 1.165) is 22.3 Å². The van der Waals surface area contributed by atoms with E-state index in [1.54, 1.807) is 12.1 Å². The molecule has 4 rings (SSSR count). The summed E-state index contributed by atoms with van der Waals surface area (Å²) >= 11 is 0. The zero-order valence-corrected chi connectivity index (χ0v) is 18.8. The molecule has 0 heterocycles. The number of aliphatic hydroxyl groups is 2. The van der Waals surface area contributed by atoms with Gasteiger partial charge in [-0.1, -0.05) is 48.5 Å². The monoisotopic (exact) mass is 461 g/mol. The van der Waals surface area contributed by atoms with Crippen LogP contribution in [0.2, 0.25) is 0 Å². The number of alkyl carbamates (subject to hydrolysis) is 1. The van der Waals surface area contributed by atoms with Gasteiger partial charge in [-0.2, -0.15) is 0 Å². The summed E-state index contributed by atoms with van der Waals surface area (Å²) in [4.78, 5) is 23.3. The topological polar surface area (TPSA) is 105 Å². The van der Waals surface area contributed by atoms with E-state index in [9.17, 15) is 19.8 Å². The summed E-state index contributed by atoms with van der Waals surface area (Å²) in [6.45, 7) is 0.297. The molecule has 3 N–H and O–H groups in total.